The van der Waals surface area contributed by atoms with Gasteiger partial charge in [-0.15, -0.1) is 0 Å². The Bertz CT molecular complexity index is 310. The van der Waals surface area contributed by atoms with Crippen molar-refractivity contribution in [1.82, 2.24) is 0 Å². The van der Waals surface area contributed by atoms with Crippen LogP contribution in [0.4, 0.5) is 0 Å². The molecule has 0 N–H and O–H groups in total. The van der Waals surface area contributed by atoms with E-state index >= 15 is 0 Å². The van der Waals surface area contributed by atoms with Crippen molar-refractivity contribution in [3.63, 3.8) is 0 Å². The highest BCUT2D eigenvalue weighted by Gasteiger charge is 2.53. The first-order chi connectivity index (χ1) is 7.37. The molecule has 4 heteroatoms. The molecule has 1 saturated carbocycles. The number of hydrogen-bond acceptors (Lipinski definition) is 3. The third-order valence-corrected chi connectivity index (χ3v) is 4.04. The summed E-state index contributed by atoms with van der Waals surface area (Å²) in [5.41, 5.74) is -0.391. The Labute approximate surface area is 99.7 Å². The van der Waals surface area contributed by atoms with Gasteiger partial charge in [-0.3, -0.25) is 4.18 Å². The lowest BCUT2D eigenvalue weighted by molar-refractivity contribution is 0.187. The molecular weight excluding hydrogens is 224 g/mol. The van der Waals surface area contributed by atoms with Crippen LogP contribution in [0.1, 0.15) is 58.8 Å². The Kier molecular flexibility index (Phi) is 4.80. The maximum atomic E-state index is 11.0. The van der Waals surface area contributed by atoms with Crippen LogP contribution in [0.3, 0.4) is 0 Å². The van der Waals surface area contributed by atoms with Crippen molar-refractivity contribution in [2.75, 3.05) is 6.26 Å². The second kappa shape index (κ2) is 5.50. The van der Waals surface area contributed by atoms with Crippen LogP contribution in [-0.4, -0.2) is 20.3 Å². The molecule has 1 aliphatic carbocycles. The van der Waals surface area contributed by atoms with Crippen molar-refractivity contribution < 1.29 is 12.6 Å². The Morgan fingerprint density at radius 2 is 1.88 bits per heavy atom. The molecule has 0 aromatic carbocycles. The first kappa shape index (κ1) is 14.0. The number of rotatable bonds is 8. The summed E-state index contributed by atoms with van der Waals surface area (Å²) in [6, 6.07) is 0. The lowest BCUT2D eigenvalue weighted by Crippen LogP contribution is -2.17. The molecule has 96 valence electrons. The van der Waals surface area contributed by atoms with E-state index < -0.39 is 15.7 Å². The lowest BCUT2D eigenvalue weighted by Gasteiger charge is -2.10. The van der Waals surface area contributed by atoms with Crippen LogP contribution in [0, 0.1) is 5.92 Å². The van der Waals surface area contributed by atoms with E-state index in [1.54, 1.807) is 0 Å². The fourth-order valence-corrected chi connectivity index (χ4v) is 3.18. The van der Waals surface area contributed by atoms with Crippen molar-refractivity contribution in [3.8, 4) is 0 Å². The van der Waals surface area contributed by atoms with Gasteiger partial charge in [-0.25, -0.2) is 0 Å². The highest BCUT2D eigenvalue weighted by Crippen LogP contribution is 2.50. The standard InChI is InChI=1S/C12H24O3S/c1-4-5-6-7-8-9-11-10-12(11,2)15-16(3,13)14/h11H,4-10H2,1-3H3/t11-,12-/m1/s1. The summed E-state index contributed by atoms with van der Waals surface area (Å²) in [6.45, 7) is 4.11. The Morgan fingerprint density at radius 3 is 2.44 bits per heavy atom. The zero-order valence-electron chi connectivity index (χ0n) is 10.7. The third-order valence-electron chi connectivity index (χ3n) is 3.35. The molecular formula is C12H24O3S. The molecule has 0 spiro atoms. The molecule has 0 unspecified atom stereocenters. The van der Waals surface area contributed by atoms with Gasteiger partial charge in [-0.05, 0) is 25.7 Å². The fourth-order valence-electron chi connectivity index (χ4n) is 2.28. The van der Waals surface area contributed by atoms with Gasteiger partial charge in [-0.2, -0.15) is 8.42 Å². The van der Waals surface area contributed by atoms with Crippen molar-refractivity contribution in [2.45, 2.75) is 64.4 Å². The van der Waals surface area contributed by atoms with E-state index in [-0.39, 0.29) is 0 Å². The summed E-state index contributed by atoms with van der Waals surface area (Å²) in [4.78, 5) is 0. The Morgan fingerprint density at radius 1 is 1.25 bits per heavy atom. The molecule has 1 fully saturated rings. The van der Waals surface area contributed by atoms with Gasteiger partial charge in [-0.1, -0.05) is 39.0 Å². The zero-order chi connectivity index (χ0) is 12.2. The number of hydrogen-bond donors (Lipinski definition) is 0. The molecule has 1 aliphatic rings. The van der Waals surface area contributed by atoms with Crippen LogP contribution in [0.15, 0.2) is 0 Å². The van der Waals surface area contributed by atoms with Crippen molar-refractivity contribution in [3.05, 3.63) is 0 Å². The predicted molar refractivity (Wildman–Crippen MR) is 65.8 cm³/mol. The third kappa shape index (κ3) is 4.83. The second-order valence-electron chi connectivity index (χ2n) is 5.20. The average molecular weight is 248 g/mol. The van der Waals surface area contributed by atoms with Crippen LogP contribution in [0.25, 0.3) is 0 Å². The van der Waals surface area contributed by atoms with Crippen molar-refractivity contribution in [1.29, 1.82) is 0 Å². The van der Waals surface area contributed by atoms with Crippen LogP contribution in [-0.2, 0) is 14.3 Å². The molecule has 0 heterocycles. The minimum atomic E-state index is -3.29. The molecule has 1 rings (SSSR count). The Balaban J connectivity index is 2.14. The second-order valence-corrected chi connectivity index (χ2v) is 6.78. The normalized spacial score (nSPS) is 29.3. The largest absolute Gasteiger partial charge is 0.264 e. The molecule has 0 radical (unpaired) electrons. The first-order valence-electron chi connectivity index (χ1n) is 6.28. The van der Waals surface area contributed by atoms with Crippen LogP contribution in [0.2, 0.25) is 0 Å². The van der Waals surface area contributed by atoms with E-state index in [4.69, 9.17) is 4.18 Å². The van der Waals surface area contributed by atoms with Crippen molar-refractivity contribution in [2.24, 2.45) is 5.92 Å². The van der Waals surface area contributed by atoms with E-state index in [9.17, 15) is 8.42 Å². The molecule has 0 aromatic heterocycles. The highest BCUT2D eigenvalue weighted by molar-refractivity contribution is 7.86. The zero-order valence-corrected chi connectivity index (χ0v) is 11.5. The molecule has 0 saturated heterocycles. The van der Waals surface area contributed by atoms with Gasteiger partial charge in [0.2, 0.25) is 0 Å². The van der Waals surface area contributed by atoms with E-state index in [2.05, 4.69) is 6.92 Å². The van der Waals surface area contributed by atoms with Gasteiger partial charge in [0.25, 0.3) is 10.1 Å². The average Bonchev–Trinajstić information content (AvgIpc) is 2.72. The topological polar surface area (TPSA) is 43.4 Å². The molecule has 0 aromatic rings. The van der Waals surface area contributed by atoms with E-state index in [1.807, 2.05) is 6.92 Å². The first-order valence-corrected chi connectivity index (χ1v) is 8.09. The van der Waals surface area contributed by atoms with Gasteiger partial charge in [0.05, 0.1) is 11.9 Å². The summed E-state index contributed by atoms with van der Waals surface area (Å²) < 4.78 is 27.1. The maximum absolute atomic E-state index is 11.0. The van der Waals surface area contributed by atoms with Gasteiger partial charge in [0.15, 0.2) is 0 Å². The summed E-state index contributed by atoms with van der Waals surface area (Å²) in [5.74, 6) is 0.448. The van der Waals surface area contributed by atoms with Crippen molar-refractivity contribution >= 4 is 10.1 Å². The Hall–Kier alpha value is -0.0900. The monoisotopic (exact) mass is 248 g/mol. The van der Waals surface area contributed by atoms with Gasteiger partial charge >= 0.3 is 0 Å². The van der Waals surface area contributed by atoms with Crippen LogP contribution >= 0.6 is 0 Å². The molecule has 0 bridgehead atoms. The molecule has 3 nitrogen and oxygen atoms in total. The van der Waals surface area contributed by atoms with Gasteiger partial charge in [0, 0.05) is 0 Å². The minimum Gasteiger partial charge on any atom is -0.264 e. The minimum absolute atomic E-state index is 0.391. The van der Waals surface area contributed by atoms with Crippen LogP contribution in [0.5, 0.6) is 0 Å². The summed E-state index contributed by atoms with van der Waals surface area (Å²) in [6.07, 6.45) is 9.47. The molecule has 0 aliphatic heterocycles. The summed E-state index contributed by atoms with van der Waals surface area (Å²) >= 11 is 0. The molecule has 0 amide bonds. The SMILES string of the molecule is CCCCCCC[C@@H]1C[C@@]1(C)OS(C)(=O)=O. The summed E-state index contributed by atoms with van der Waals surface area (Å²) in [7, 11) is -3.29. The smallest absolute Gasteiger partial charge is 0.264 e. The van der Waals surface area contributed by atoms with E-state index in [1.165, 1.54) is 32.1 Å². The predicted octanol–water partition coefficient (Wildman–Crippen LogP) is 3.10. The number of unbranched alkanes of at least 4 members (excludes halogenated alkanes) is 4. The van der Waals surface area contributed by atoms with Gasteiger partial charge < -0.3 is 0 Å². The van der Waals surface area contributed by atoms with Gasteiger partial charge in [0.1, 0.15) is 0 Å². The molecule has 16 heavy (non-hydrogen) atoms. The lowest BCUT2D eigenvalue weighted by atomic mass is 10.1. The fraction of sp³-hybridized carbons (Fsp3) is 1.00. The van der Waals surface area contributed by atoms with E-state index in [0.717, 1.165) is 19.1 Å². The molecule has 2 atom stereocenters. The highest BCUT2D eigenvalue weighted by atomic mass is 32.2. The van der Waals surface area contributed by atoms with E-state index in [0.29, 0.717) is 5.92 Å². The van der Waals surface area contributed by atoms with Crippen LogP contribution < -0.4 is 0 Å². The maximum Gasteiger partial charge on any atom is 0.264 e. The quantitative estimate of drug-likeness (QED) is 0.489. The summed E-state index contributed by atoms with van der Waals surface area (Å²) in [5, 5.41) is 0.